The maximum absolute atomic E-state index is 12.9. The van der Waals surface area contributed by atoms with Crippen LogP contribution in [-0.4, -0.2) is 45.0 Å². The van der Waals surface area contributed by atoms with E-state index in [1.165, 1.54) is 29.2 Å². The van der Waals surface area contributed by atoms with E-state index in [1.807, 2.05) is 0 Å². The Kier molecular flexibility index (Phi) is 5.20. The predicted molar refractivity (Wildman–Crippen MR) is 104 cm³/mol. The summed E-state index contributed by atoms with van der Waals surface area (Å²) in [7, 11) is 1.54. The molecule has 10 heteroatoms. The van der Waals surface area contributed by atoms with Gasteiger partial charge in [-0.25, -0.2) is 9.97 Å². The average molecular weight is 420 g/mol. The fourth-order valence-corrected chi connectivity index (χ4v) is 3.41. The molecule has 0 aliphatic carbocycles. The van der Waals surface area contributed by atoms with Crippen molar-refractivity contribution in [2.75, 3.05) is 18.5 Å². The summed E-state index contributed by atoms with van der Waals surface area (Å²) in [6.45, 7) is 0.704. The van der Waals surface area contributed by atoms with Crippen molar-refractivity contribution in [3.05, 3.63) is 52.7 Å². The third-order valence-electron chi connectivity index (χ3n) is 5.11. The van der Waals surface area contributed by atoms with Gasteiger partial charge < -0.3 is 19.7 Å². The Balaban J connectivity index is 1.81. The minimum Gasteiger partial charge on any atom is -0.391 e. The molecule has 30 heavy (non-hydrogen) atoms. The van der Waals surface area contributed by atoms with Crippen LogP contribution in [-0.2, 0) is 18.0 Å². The van der Waals surface area contributed by atoms with Gasteiger partial charge >= 0.3 is 6.18 Å². The van der Waals surface area contributed by atoms with E-state index < -0.39 is 23.9 Å². The Morgan fingerprint density at radius 2 is 1.97 bits per heavy atom. The second-order valence-corrected chi connectivity index (χ2v) is 7.16. The molecule has 0 spiro atoms. The molecule has 2 N–H and O–H groups in total. The van der Waals surface area contributed by atoms with Crippen LogP contribution in [0.2, 0.25) is 0 Å². The number of aromatic nitrogens is 3. The number of fused-ring (bicyclic) bond motifs is 1. The van der Waals surface area contributed by atoms with E-state index in [9.17, 15) is 23.1 Å². The molecule has 1 saturated heterocycles. The number of hydrogen-bond donors (Lipinski definition) is 2. The quantitative estimate of drug-likeness (QED) is 0.677. The van der Waals surface area contributed by atoms with Gasteiger partial charge in [-0.05, 0) is 24.1 Å². The molecule has 1 aromatic carbocycles. The van der Waals surface area contributed by atoms with Crippen LogP contribution in [0.4, 0.5) is 19.0 Å². The highest BCUT2D eigenvalue weighted by Crippen LogP contribution is 2.33. The molecular formula is C20H19F3N4O3. The number of aryl methyl sites for hydroxylation is 1. The number of aliphatic hydroxyl groups excluding tert-OH is 1. The first-order chi connectivity index (χ1) is 14.3. The van der Waals surface area contributed by atoms with E-state index in [-0.39, 0.29) is 23.4 Å². The number of pyridine rings is 1. The zero-order valence-electron chi connectivity index (χ0n) is 16.0. The SMILES string of the molecule is Cn1cnc2c(-c3ccc(C(F)(F)F)cc3)cnc(N[C@@H]3COCC[C@H]3O)c2c1=O. The van der Waals surface area contributed by atoms with Gasteiger partial charge in [-0.15, -0.1) is 0 Å². The number of aliphatic hydroxyl groups is 1. The number of alkyl halides is 3. The third kappa shape index (κ3) is 3.75. The summed E-state index contributed by atoms with van der Waals surface area (Å²) in [6.07, 6.45) is -1.85. The smallest absolute Gasteiger partial charge is 0.391 e. The van der Waals surface area contributed by atoms with Gasteiger partial charge in [0.05, 0.1) is 36.2 Å². The molecule has 2 atom stereocenters. The van der Waals surface area contributed by atoms with Crippen LogP contribution >= 0.6 is 0 Å². The molecule has 0 bridgehead atoms. The first-order valence-electron chi connectivity index (χ1n) is 9.30. The van der Waals surface area contributed by atoms with E-state index >= 15 is 0 Å². The number of ether oxygens (including phenoxy) is 1. The zero-order chi connectivity index (χ0) is 21.5. The van der Waals surface area contributed by atoms with Crippen molar-refractivity contribution >= 4 is 16.7 Å². The molecule has 4 rings (SSSR count). The number of hydrogen-bond acceptors (Lipinski definition) is 6. The fraction of sp³-hybridized carbons (Fsp3) is 0.350. The fourth-order valence-electron chi connectivity index (χ4n) is 3.41. The molecule has 0 saturated carbocycles. The first-order valence-corrected chi connectivity index (χ1v) is 9.30. The zero-order valence-corrected chi connectivity index (χ0v) is 16.0. The Hall–Kier alpha value is -2.98. The highest BCUT2D eigenvalue weighted by atomic mass is 19.4. The van der Waals surface area contributed by atoms with Crippen molar-refractivity contribution < 1.29 is 23.0 Å². The minimum atomic E-state index is -4.44. The Bertz CT molecular complexity index is 1130. The summed E-state index contributed by atoms with van der Waals surface area (Å²) in [4.78, 5) is 21.5. The van der Waals surface area contributed by atoms with Gasteiger partial charge in [0.25, 0.3) is 5.56 Å². The lowest BCUT2D eigenvalue weighted by Crippen LogP contribution is -2.42. The van der Waals surface area contributed by atoms with Crippen LogP contribution < -0.4 is 10.9 Å². The number of halogens is 3. The van der Waals surface area contributed by atoms with Crippen molar-refractivity contribution in [1.82, 2.24) is 14.5 Å². The summed E-state index contributed by atoms with van der Waals surface area (Å²) in [5, 5.41) is 13.4. The third-order valence-corrected chi connectivity index (χ3v) is 5.11. The largest absolute Gasteiger partial charge is 0.416 e. The molecule has 7 nitrogen and oxygen atoms in total. The second-order valence-electron chi connectivity index (χ2n) is 7.16. The summed E-state index contributed by atoms with van der Waals surface area (Å²) in [6, 6.07) is 4.15. The lowest BCUT2D eigenvalue weighted by atomic mass is 10.0. The van der Waals surface area contributed by atoms with Crippen LogP contribution in [0.1, 0.15) is 12.0 Å². The Labute approximate surface area is 169 Å². The second kappa shape index (κ2) is 7.69. The molecule has 0 amide bonds. The summed E-state index contributed by atoms with van der Waals surface area (Å²) >= 11 is 0. The van der Waals surface area contributed by atoms with Crippen LogP contribution in [0, 0.1) is 0 Å². The lowest BCUT2D eigenvalue weighted by Gasteiger charge is -2.29. The predicted octanol–water partition coefficient (Wildman–Crippen LogP) is 2.58. The number of nitrogens with one attached hydrogen (secondary N) is 1. The standard InChI is InChI=1S/C20H19F3N4O3/c1-27-10-25-17-13(11-2-4-12(5-3-11)20(21,22)23)8-24-18(16(17)19(27)29)26-14-9-30-7-6-15(14)28/h2-5,8,10,14-15,28H,6-7,9H2,1H3,(H,24,26)/t14-,15-/m1/s1. The molecule has 1 fully saturated rings. The van der Waals surface area contributed by atoms with Crippen molar-refractivity contribution in [3.8, 4) is 11.1 Å². The molecule has 1 aliphatic rings. The molecule has 158 valence electrons. The summed E-state index contributed by atoms with van der Waals surface area (Å²) < 4.78 is 45.3. The lowest BCUT2D eigenvalue weighted by molar-refractivity contribution is -0.137. The van der Waals surface area contributed by atoms with E-state index in [0.717, 1.165) is 12.1 Å². The maximum Gasteiger partial charge on any atom is 0.416 e. The van der Waals surface area contributed by atoms with Gasteiger partial charge in [-0.3, -0.25) is 4.79 Å². The molecule has 0 radical (unpaired) electrons. The van der Waals surface area contributed by atoms with E-state index in [0.29, 0.717) is 29.7 Å². The minimum absolute atomic E-state index is 0.190. The molecule has 3 aromatic rings. The average Bonchev–Trinajstić information content (AvgIpc) is 2.72. The maximum atomic E-state index is 12.9. The molecular weight excluding hydrogens is 401 g/mol. The van der Waals surface area contributed by atoms with Crippen LogP contribution in [0.25, 0.3) is 22.0 Å². The van der Waals surface area contributed by atoms with Gasteiger partial charge in [-0.1, -0.05) is 12.1 Å². The van der Waals surface area contributed by atoms with Crippen molar-refractivity contribution in [1.29, 1.82) is 0 Å². The Morgan fingerprint density at radius 3 is 2.63 bits per heavy atom. The van der Waals surface area contributed by atoms with Gasteiger partial charge in [0.2, 0.25) is 0 Å². The van der Waals surface area contributed by atoms with Crippen molar-refractivity contribution in [2.24, 2.45) is 7.05 Å². The summed E-state index contributed by atoms with van der Waals surface area (Å²) in [5.41, 5.74) is 0.0600. The topological polar surface area (TPSA) is 89.3 Å². The number of rotatable bonds is 3. The monoisotopic (exact) mass is 420 g/mol. The van der Waals surface area contributed by atoms with Gasteiger partial charge in [0, 0.05) is 25.4 Å². The molecule has 2 aromatic heterocycles. The summed E-state index contributed by atoms with van der Waals surface area (Å²) in [5.74, 6) is 0.240. The highest BCUT2D eigenvalue weighted by molar-refractivity contribution is 5.98. The van der Waals surface area contributed by atoms with E-state index in [2.05, 4.69) is 15.3 Å². The molecule has 0 unspecified atom stereocenters. The molecule has 1 aliphatic heterocycles. The van der Waals surface area contributed by atoms with Gasteiger partial charge in [0.15, 0.2) is 0 Å². The normalized spacial score (nSPS) is 19.8. The number of benzene rings is 1. The highest BCUT2D eigenvalue weighted by Gasteiger charge is 2.30. The van der Waals surface area contributed by atoms with E-state index in [4.69, 9.17) is 4.74 Å². The molecule has 3 heterocycles. The van der Waals surface area contributed by atoms with E-state index in [1.54, 1.807) is 7.05 Å². The first kappa shape index (κ1) is 20.3. The van der Waals surface area contributed by atoms with Crippen LogP contribution in [0.5, 0.6) is 0 Å². The number of nitrogens with zero attached hydrogens (tertiary/aromatic N) is 3. The van der Waals surface area contributed by atoms with Crippen LogP contribution in [0.3, 0.4) is 0 Å². The Morgan fingerprint density at radius 1 is 1.23 bits per heavy atom. The van der Waals surface area contributed by atoms with Gasteiger partial charge in [0.1, 0.15) is 11.2 Å². The van der Waals surface area contributed by atoms with Crippen LogP contribution in [0.15, 0.2) is 41.6 Å². The van der Waals surface area contributed by atoms with Gasteiger partial charge in [-0.2, -0.15) is 13.2 Å². The van der Waals surface area contributed by atoms with Crippen molar-refractivity contribution in [3.63, 3.8) is 0 Å². The number of anilines is 1. The van der Waals surface area contributed by atoms with Crippen molar-refractivity contribution in [2.45, 2.75) is 24.7 Å².